The number of ether oxygens (including phenoxy) is 2. The van der Waals surface area contributed by atoms with Gasteiger partial charge in [-0.25, -0.2) is 24.5 Å². The van der Waals surface area contributed by atoms with Crippen LogP contribution in [-0.2, 0) is 19.7 Å². The summed E-state index contributed by atoms with van der Waals surface area (Å²) in [5.41, 5.74) is -2.18. The van der Waals surface area contributed by atoms with Crippen molar-refractivity contribution in [3.05, 3.63) is 42.6 Å². The summed E-state index contributed by atoms with van der Waals surface area (Å²) in [5, 5.41) is 10.0. The molecule has 0 spiro atoms. The minimum atomic E-state index is -1.09. The van der Waals surface area contributed by atoms with Crippen molar-refractivity contribution >= 4 is 18.2 Å². The Bertz CT molecular complexity index is 1040. The summed E-state index contributed by atoms with van der Waals surface area (Å²) in [4.78, 5) is 47.1. The van der Waals surface area contributed by atoms with E-state index in [-0.39, 0.29) is 12.5 Å². The third kappa shape index (κ3) is 6.37. The summed E-state index contributed by atoms with van der Waals surface area (Å²) in [6.45, 7) is 10.3. The molecular formula is C25H34N4O6. The molecule has 10 nitrogen and oxygen atoms in total. The van der Waals surface area contributed by atoms with Gasteiger partial charge in [0.25, 0.3) is 0 Å². The molecule has 2 aromatic rings. The first-order valence-electron chi connectivity index (χ1n) is 11.7. The van der Waals surface area contributed by atoms with E-state index in [4.69, 9.17) is 9.47 Å². The second kappa shape index (κ2) is 9.67. The number of nitrogens with zero attached hydrogens (tertiary/aromatic N) is 4. The first kappa shape index (κ1) is 26.2. The molecule has 0 bridgehead atoms. The number of amides is 2. The van der Waals surface area contributed by atoms with Crippen LogP contribution < -0.4 is 0 Å². The molecule has 0 radical (unpaired) electrons. The smallest absolute Gasteiger partial charge is 0.419 e. The number of rotatable bonds is 7. The molecule has 1 N–H and O–H groups in total. The number of carboxylic acid groups (broad SMARTS) is 1. The Balaban J connectivity index is 1.68. The SMILES string of the molecule is CC(C)(C)OC(=O)N(CCC[C@H]1CC1(C(=O)O)c1cn(-c2ccccn2)cn1)C(=O)OC(C)(C)C. The maximum atomic E-state index is 12.7. The Hall–Kier alpha value is -3.43. The summed E-state index contributed by atoms with van der Waals surface area (Å²) in [5.74, 6) is -0.467. The van der Waals surface area contributed by atoms with E-state index in [9.17, 15) is 19.5 Å². The molecule has 10 heteroatoms. The maximum absolute atomic E-state index is 12.7. The lowest BCUT2D eigenvalue weighted by atomic mass is 9.97. The van der Waals surface area contributed by atoms with Crippen LogP contribution in [-0.4, -0.2) is 60.4 Å². The average Bonchev–Trinajstić information content (AvgIpc) is 3.25. The van der Waals surface area contributed by atoms with E-state index in [0.717, 1.165) is 4.90 Å². The molecule has 0 aromatic carbocycles. The van der Waals surface area contributed by atoms with Crippen LogP contribution in [0.2, 0.25) is 0 Å². The summed E-state index contributed by atoms with van der Waals surface area (Å²) < 4.78 is 12.4. The number of hydrogen-bond donors (Lipinski definition) is 1. The van der Waals surface area contributed by atoms with Crippen LogP contribution in [0.1, 0.15) is 66.5 Å². The van der Waals surface area contributed by atoms with Crippen molar-refractivity contribution < 1.29 is 29.0 Å². The number of aliphatic carboxylic acids is 1. The monoisotopic (exact) mass is 486 g/mol. The van der Waals surface area contributed by atoms with Gasteiger partial charge in [-0.05, 0) is 78.9 Å². The quantitative estimate of drug-likeness (QED) is 0.604. The van der Waals surface area contributed by atoms with Crippen molar-refractivity contribution in [3.8, 4) is 5.82 Å². The number of aromatic nitrogens is 3. The minimum Gasteiger partial charge on any atom is -0.481 e. The van der Waals surface area contributed by atoms with Crippen LogP contribution in [0.3, 0.4) is 0 Å². The molecule has 0 aliphatic heterocycles. The Kier molecular flexibility index (Phi) is 7.23. The Morgan fingerprint density at radius 2 is 1.71 bits per heavy atom. The lowest BCUT2D eigenvalue weighted by molar-refractivity contribution is -0.140. The predicted molar refractivity (Wildman–Crippen MR) is 127 cm³/mol. The van der Waals surface area contributed by atoms with E-state index in [2.05, 4.69) is 9.97 Å². The highest BCUT2D eigenvalue weighted by Gasteiger charge is 2.62. The number of carbonyl (C=O) groups is 3. The fourth-order valence-electron chi connectivity index (χ4n) is 3.94. The van der Waals surface area contributed by atoms with Crippen molar-refractivity contribution in [3.63, 3.8) is 0 Å². The van der Waals surface area contributed by atoms with E-state index < -0.39 is 34.8 Å². The van der Waals surface area contributed by atoms with Crippen molar-refractivity contribution in [2.75, 3.05) is 6.54 Å². The molecule has 1 aliphatic carbocycles. The van der Waals surface area contributed by atoms with Gasteiger partial charge in [-0.1, -0.05) is 6.07 Å². The van der Waals surface area contributed by atoms with Gasteiger partial charge in [0.2, 0.25) is 0 Å². The molecule has 1 fully saturated rings. The van der Waals surface area contributed by atoms with Gasteiger partial charge in [-0.2, -0.15) is 0 Å². The molecule has 1 aliphatic rings. The zero-order chi connectivity index (χ0) is 26.0. The van der Waals surface area contributed by atoms with Crippen LogP contribution in [0.25, 0.3) is 5.82 Å². The van der Waals surface area contributed by atoms with E-state index in [1.165, 1.54) is 0 Å². The molecule has 1 saturated carbocycles. The molecule has 190 valence electrons. The fourth-order valence-corrected chi connectivity index (χ4v) is 3.94. The molecule has 2 aromatic heterocycles. The average molecular weight is 487 g/mol. The Labute approximate surface area is 205 Å². The van der Waals surface area contributed by atoms with E-state index in [0.29, 0.717) is 30.8 Å². The van der Waals surface area contributed by atoms with Crippen molar-refractivity contribution in [1.29, 1.82) is 0 Å². The fraction of sp³-hybridized carbons (Fsp3) is 0.560. The number of hydrogen-bond acceptors (Lipinski definition) is 7. The molecule has 35 heavy (non-hydrogen) atoms. The van der Waals surface area contributed by atoms with E-state index >= 15 is 0 Å². The number of carboxylic acids is 1. The second-order valence-electron chi connectivity index (χ2n) is 10.8. The van der Waals surface area contributed by atoms with Crippen LogP contribution >= 0.6 is 0 Å². The van der Waals surface area contributed by atoms with Gasteiger partial charge in [-0.3, -0.25) is 9.36 Å². The summed E-state index contributed by atoms with van der Waals surface area (Å²) in [6.07, 6.45) is 4.66. The second-order valence-corrected chi connectivity index (χ2v) is 10.8. The molecule has 2 heterocycles. The van der Waals surface area contributed by atoms with Crippen LogP contribution in [0.5, 0.6) is 0 Å². The van der Waals surface area contributed by atoms with E-state index in [1.807, 2.05) is 12.1 Å². The third-order valence-corrected chi connectivity index (χ3v) is 5.60. The highest BCUT2D eigenvalue weighted by molar-refractivity contribution is 5.88. The zero-order valence-electron chi connectivity index (χ0n) is 21.1. The standard InChI is InChI=1S/C25H34N4O6/c1-23(2,3)34-21(32)29(22(33)35-24(4,5)6)13-9-10-17-14-25(17,20(30)31)18-15-28(16-27-18)19-11-7-8-12-26-19/h7-8,11-12,15-17H,9-10,13-14H2,1-6H3,(H,30,31)/t17-,25?/m0/s1. The highest BCUT2D eigenvalue weighted by atomic mass is 16.6. The molecule has 2 amide bonds. The van der Waals surface area contributed by atoms with Crippen molar-refractivity contribution in [1.82, 2.24) is 19.4 Å². The molecule has 0 saturated heterocycles. The van der Waals surface area contributed by atoms with Crippen molar-refractivity contribution in [2.24, 2.45) is 5.92 Å². The van der Waals surface area contributed by atoms with Gasteiger partial charge in [0.15, 0.2) is 0 Å². The Morgan fingerprint density at radius 3 is 2.23 bits per heavy atom. The minimum absolute atomic E-state index is 0.0540. The molecular weight excluding hydrogens is 452 g/mol. The zero-order valence-corrected chi connectivity index (χ0v) is 21.1. The molecule has 1 unspecified atom stereocenters. The maximum Gasteiger partial charge on any atom is 0.419 e. The third-order valence-electron chi connectivity index (χ3n) is 5.60. The summed E-state index contributed by atoms with van der Waals surface area (Å²) in [7, 11) is 0. The lowest BCUT2D eigenvalue weighted by Crippen LogP contribution is -2.44. The van der Waals surface area contributed by atoms with Gasteiger partial charge in [-0.15, -0.1) is 0 Å². The number of carbonyl (C=O) groups excluding carboxylic acids is 2. The largest absolute Gasteiger partial charge is 0.481 e. The van der Waals surface area contributed by atoms with Gasteiger partial charge in [0.1, 0.15) is 28.8 Å². The van der Waals surface area contributed by atoms with Crippen LogP contribution in [0, 0.1) is 5.92 Å². The normalized spacial score (nSPS) is 19.7. The predicted octanol–water partition coefficient (Wildman–Crippen LogP) is 4.56. The van der Waals surface area contributed by atoms with Crippen LogP contribution in [0.15, 0.2) is 36.9 Å². The number of imide groups is 1. The van der Waals surface area contributed by atoms with Crippen LogP contribution in [0.4, 0.5) is 9.59 Å². The highest BCUT2D eigenvalue weighted by Crippen LogP contribution is 2.56. The van der Waals surface area contributed by atoms with Crippen molar-refractivity contribution in [2.45, 2.75) is 77.4 Å². The topological polar surface area (TPSA) is 124 Å². The number of pyridine rings is 1. The lowest BCUT2D eigenvalue weighted by Gasteiger charge is -2.28. The number of imidazole rings is 1. The van der Waals surface area contributed by atoms with Gasteiger partial charge in [0.05, 0.1) is 5.69 Å². The molecule has 3 rings (SSSR count). The first-order chi connectivity index (χ1) is 16.2. The Morgan fingerprint density at radius 1 is 1.09 bits per heavy atom. The summed E-state index contributed by atoms with van der Waals surface area (Å²) in [6, 6.07) is 5.45. The molecule has 2 atom stereocenters. The van der Waals surface area contributed by atoms with Gasteiger partial charge in [0, 0.05) is 18.9 Å². The van der Waals surface area contributed by atoms with Gasteiger partial charge >= 0.3 is 18.2 Å². The van der Waals surface area contributed by atoms with Gasteiger partial charge < -0.3 is 14.6 Å². The van der Waals surface area contributed by atoms with E-state index in [1.54, 1.807) is 70.9 Å². The summed E-state index contributed by atoms with van der Waals surface area (Å²) >= 11 is 0. The first-order valence-corrected chi connectivity index (χ1v) is 11.7.